The molecule has 0 aromatic carbocycles. The molecule has 2 aliphatic heterocycles. The first-order chi connectivity index (χ1) is 11.4. The van der Waals surface area contributed by atoms with Crippen LogP contribution in [0.15, 0.2) is 15.7 Å². The number of aliphatic hydroxyl groups is 1. The fourth-order valence-corrected chi connectivity index (χ4v) is 3.58. The molecular weight excluding hydrogens is 314 g/mol. The second kappa shape index (κ2) is 6.18. The molecule has 1 amide bonds. The minimum atomic E-state index is -0.562. The van der Waals surface area contributed by atoms with E-state index in [0.717, 1.165) is 17.4 Å². The molecule has 3 heterocycles. The number of likely N-dealkylation sites (tertiary alicyclic amines) is 1. The molecule has 1 spiro atoms. The highest BCUT2D eigenvalue weighted by Crippen LogP contribution is 2.35. The highest BCUT2D eigenvalue weighted by molar-refractivity contribution is 5.92. The Morgan fingerprint density at radius 3 is 2.54 bits per heavy atom. The van der Waals surface area contributed by atoms with E-state index in [1.807, 2.05) is 0 Å². The second-order valence-electron chi connectivity index (χ2n) is 6.63. The Morgan fingerprint density at radius 2 is 1.92 bits per heavy atom. The topological polar surface area (TPSA) is 93.8 Å². The summed E-state index contributed by atoms with van der Waals surface area (Å²) in [6.07, 6.45) is 2.17. The van der Waals surface area contributed by atoms with Crippen LogP contribution in [-0.4, -0.2) is 56.4 Å². The van der Waals surface area contributed by atoms with Gasteiger partial charge in [0.25, 0.3) is 11.5 Å². The summed E-state index contributed by atoms with van der Waals surface area (Å²) >= 11 is 0. The molecule has 132 valence electrons. The summed E-state index contributed by atoms with van der Waals surface area (Å²) in [5.41, 5.74) is -1.50. The zero-order chi connectivity index (χ0) is 17.5. The molecule has 0 saturated carbocycles. The van der Waals surface area contributed by atoms with Crippen molar-refractivity contribution >= 4 is 5.91 Å². The zero-order valence-electron chi connectivity index (χ0n) is 14.0. The Morgan fingerprint density at radius 1 is 1.25 bits per heavy atom. The molecule has 1 aromatic heterocycles. The third-order valence-electron chi connectivity index (χ3n) is 5.26. The average molecular weight is 337 g/mol. The smallest absolute Gasteiger partial charge is 0.331 e. The van der Waals surface area contributed by atoms with Crippen LogP contribution >= 0.6 is 0 Å². The minimum absolute atomic E-state index is 0.0872. The minimum Gasteiger partial charge on any atom is -0.390 e. The van der Waals surface area contributed by atoms with Gasteiger partial charge in [-0.2, -0.15) is 0 Å². The third kappa shape index (κ3) is 2.69. The Balaban J connectivity index is 1.79. The van der Waals surface area contributed by atoms with E-state index in [-0.39, 0.29) is 11.6 Å². The molecule has 1 atom stereocenters. The van der Waals surface area contributed by atoms with Crippen LogP contribution in [0, 0.1) is 0 Å². The van der Waals surface area contributed by atoms with Gasteiger partial charge in [-0.25, -0.2) is 4.79 Å². The number of nitrogens with zero attached hydrogens (tertiary/aromatic N) is 3. The highest BCUT2D eigenvalue weighted by atomic mass is 16.5. The summed E-state index contributed by atoms with van der Waals surface area (Å²) in [7, 11) is 2.86. The fourth-order valence-electron chi connectivity index (χ4n) is 3.58. The molecular formula is C16H23N3O5. The van der Waals surface area contributed by atoms with Crippen molar-refractivity contribution in [3.8, 4) is 0 Å². The van der Waals surface area contributed by atoms with Gasteiger partial charge in [0.05, 0.1) is 11.7 Å². The maximum absolute atomic E-state index is 12.7. The molecule has 2 fully saturated rings. The Hall–Kier alpha value is -1.93. The molecule has 8 heteroatoms. The molecule has 1 N–H and O–H groups in total. The zero-order valence-corrected chi connectivity index (χ0v) is 14.0. The van der Waals surface area contributed by atoms with Gasteiger partial charge in [0, 0.05) is 39.9 Å². The number of hydrogen-bond acceptors (Lipinski definition) is 5. The predicted octanol–water partition coefficient (Wildman–Crippen LogP) is -0.770. The van der Waals surface area contributed by atoms with Crippen molar-refractivity contribution in [2.45, 2.75) is 37.4 Å². The van der Waals surface area contributed by atoms with Gasteiger partial charge in [-0.3, -0.25) is 18.7 Å². The Labute approximate surface area is 139 Å². The van der Waals surface area contributed by atoms with Crippen molar-refractivity contribution in [2.24, 2.45) is 14.1 Å². The second-order valence-corrected chi connectivity index (χ2v) is 6.63. The van der Waals surface area contributed by atoms with Crippen LogP contribution in [0.1, 0.15) is 36.2 Å². The number of carbonyl (C=O) groups is 1. The molecule has 2 saturated heterocycles. The van der Waals surface area contributed by atoms with Gasteiger partial charge in [0.15, 0.2) is 0 Å². The van der Waals surface area contributed by atoms with Gasteiger partial charge in [-0.1, -0.05) is 0 Å². The summed E-state index contributed by atoms with van der Waals surface area (Å²) < 4.78 is 7.99. The molecule has 0 bridgehead atoms. The molecule has 0 aliphatic carbocycles. The van der Waals surface area contributed by atoms with Crippen LogP contribution in [-0.2, 0) is 18.8 Å². The van der Waals surface area contributed by atoms with E-state index in [0.29, 0.717) is 32.5 Å². The highest BCUT2D eigenvalue weighted by Gasteiger charge is 2.44. The predicted molar refractivity (Wildman–Crippen MR) is 86.0 cm³/mol. The summed E-state index contributed by atoms with van der Waals surface area (Å²) in [4.78, 5) is 38.1. The number of hydrogen-bond donors (Lipinski definition) is 1. The summed E-state index contributed by atoms with van der Waals surface area (Å²) in [5, 5.41) is 10.3. The normalized spacial score (nSPS) is 23.5. The van der Waals surface area contributed by atoms with E-state index in [1.165, 1.54) is 24.7 Å². The standard InChI is InChI=1S/C16H23N3O5/c1-17-11(10-13(21)18(2)15(17)23)14(22)19-7-5-16(6-8-19)12(20)4-3-9-24-16/h10,12,20H,3-9H2,1-2H3/t12-/m1/s1. The molecule has 24 heavy (non-hydrogen) atoms. The maximum Gasteiger partial charge on any atom is 0.331 e. The first-order valence-corrected chi connectivity index (χ1v) is 8.24. The molecule has 1 aromatic rings. The van der Waals surface area contributed by atoms with Crippen molar-refractivity contribution in [1.29, 1.82) is 0 Å². The van der Waals surface area contributed by atoms with Crippen molar-refractivity contribution in [3.05, 3.63) is 32.6 Å². The summed E-state index contributed by atoms with van der Waals surface area (Å²) in [6.45, 7) is 1.49. The lowest BCUT2D eigenvalue weighted by Crippen LogP contribution is -2.56. The average Bonchev–Trinajstić information content (AvgIpc) is 2.59. The lowest BCUT2D eigenvalue weighted by atomic mass is 9.82. The number of piperidine rings is 1. The quantitative estimate of drug-likeness (QED) is 0.726. The van der Waals surface area contributed by atoms with E-state index in [1.54, 1.807) is 4.90 Å². The molecule has 3 rings (SSSR count). The first-order valence-electron chi connectivity index (χ1n) is 8.24. The van der Waals surface area contributed by atoms with Crippen LogP contribution < -0.4 is 11.2 Å². The van der Waals surface area contributed by atoms with E-state index >= 15 is 0 Å². The van der Waals surface area contributed by atoms with E-state index in [2.05, 4.69) is 0 Å². The van der Waals surface area contributed by atoms with Crippen LogP contribution in [0.2, 0.25) is 0 Å². The van der Waals surface area contributed by atoms with Crippen molar-refractivity contribution < 1.29 is 14.6 Å². The number of aliphatic hydroxyl groups excluding tert-OH is 1. The van der Waals surface area contributed by atoms with Gasteiger partial charge in [0.1, 0.15) is 5.69 Å². The van der Waals surface area contributed by atoms with Gasteiger partial charge < -0.3 is 14.7 Å². The lowest BCUT2D eigenvalue weighted by Gasteiger charge is -2.46. The first kappa shape index (κ1) is 16.9. The van der Waals surface area contributed by atoms with Gasteiger partial charge in [-0.05, 0) is 25.7 Å². The number of carbonyl (C=O) groups excluding carboxylic acids is 1. The van der Waals surface area contributed by atoms with Crippen molar-refractivity contribution in [2.75, 3.05) is 19.7 Å². The summed E-state index contributed by atoms with van der Waals surface area (Å²) in [5.74, 6) is -0.340. The summed E-state index contributed by atoms with van der Waals surface area (Å²) in [6, 6.07) is 1.19. The largest absolute Gasteiger partial charge is 0.390 e. The number of ether oxygens (including phenoxy) is 1. The lowest BCUT2D eigenvalue weighted by molar-refractivity contribution is -0.174. The van der Waals surface area contributed by atoms with Crippen LogP contribution in [0.3, 0.4) is 0 Å². The third-order valence-corrected chi connectivity index (χ3v) is 5.26. The Kier molecular flexibility index (Phi) is 4.35. The number of aromatic nitrogens is 2. The number of rotatable bonds is 1. The monoisotopic (exact) mass is 337 g/mol. The van der Waals surface area contributed by atoms with Gasteiger partial charge >= 0.3 is 5.69 Å². The maximum atomic E-state index is 12.7. The SMILES string of the molecule is Cn1c(C(=O)N2CCC3(CC2)OCCC[C@H]3O)cc(=O)n(C)c1=O. The fraction of sp³-hybridized carbons (Fsp3) is 0.688. The van der Waals surface area contributed by atoms with Gasteiger partial charge in [0.2, 0.25) is 0 Å². The van der Waals surface area contributed by atoms with Crippen molar-refractivity contribution in [1.82, 2.24) is 14.0 Å². The van der Waals surface area contributed by atoms with Crippen LogP contribution in [0.25, 0.3) is 0 Å². The van der Waals surface area contributed by atoms with Crippen molar-refractivity contribution in [3.63, 3.8) is 0 Å². The molecule has 0 unspecified atom stereocenters. The van der Waals surface area contributed by atoms with E-state index < -0.39 is 23.0 Å². The van der Waals surface area contributed by atoms with Crippen LogP contribution in [0.5, 0.6) is 0 Å². The molecule has 2 aliphatic rings. The molecule has 0 radical (unpaired) electrons. The van der Waals surface area contributed by atoms with E-state index in [4.69, 9.17) is 4.74 Å². The molecule has 8 nitrogen and oxygen atoms in total. The van der Waals surface area contributed by atoms with Crippen LogP contribution in [0.4, 0.5) is 0 Å². The Bertz CT molecular complexity index is 758. The van der Waals surface area contributed by atoms with E-state index in [9.17, 15) is 19.5 Å². The number of amides is 1. The van der Waals surface area contributed by atoms with Gasteiger partial charge in [-0.15, -0.1) is 0 Å².